The van der Waals surface area contributed by atoms with Crippen LogP contribution in [-0.2, 0) is 4.52 Å². The van der Waals surface area contributed by atoms with E-state index in [4.69, 9.17) is 4.52 Å². The van der Waals surface area contributed by atoms with E-state index < -0.39 is 0 Å². The topological polar surface area (TPSA) is 9.23 Å². The zero-order chi connectivity index (χ0) is 6.62. The molecule has 0 aliphatic carbocycles. The van der Waals surface area contributed by atoms with Gasteiger partial charge >= 0.3 is 37.7 Å². The molecule has 0 spiro atoms. The molecule has 0 heterocycles. The molecule has 0 rings (SSSR count). The van der Waals surface area contributed by atoms with Gasteiger partial charge in [0.25, 0.3) is 0 Å². The first-order chi connectivity index (χ1) is 3.56. The smallest absolute Gasteiger partial charge is 1.00 e. The molecule has 0 aliphatic rings. The summed E-state index contributed by atoms with van der Waals surface area (Å²) in [4.78, 5) is 0. The average molecular weight is 283 g/mol. The molecule has 0 saturated heterocycles. The number of hydrogen-bond donors (Lipinski definition) is 0. The maximum absolute atomic E-state index is 4.82. The second-order valence-electron chi connectivity index (χ2n) is 2.88. The van der Waals surface area contributed by atoms with Gasteiger partial charge in [0.1, 0.15) is 6.54 Å². The minimum absolute atomic E-state index is 0. The average Bonchev–Trinajstić information content (AvgIpc) is 1.59. The first-order valence-corrected chi connectivity index (χ1v) is 3.15. The molecule has 2 nitrogen and oxygen atoms in total. The van der Waals surface area contributed by atoms with Gasteiger partial charge in [-0.3, -0.25) is 0 Å². The molecule has 0 amide bonds. The standard InChI is InChI=1S/C5H15NOP.Ca.3ClH/c1-6(2,3)4-5-7-8;;;;/h4-5,8H2,1-3H3;;3*1H/q+1;+2;;;/p-3. The van der Waals surface area contributed by atoms with Crippen molar-refractivity contribution < 1.29 is 46.2 Å². The first-order valence-electron chi connectivity index (χ1n) is 2.68. The Kier molecular flexibility index (Phi) is 38.9. The molecule has 0 fully saturated rings. The van der Waals surface area contributed by atoms with E-state index in [2.05, 4.69) is 30.6 Å². The van der Waals surface area contributed by atoms with Crippen LogP contribution in [0.25, 0.3) is 0 Å². The zero-order valence-electron chi connectivity index (χ0n) is 7.69. The molecule has 1 atom stereocenters. The molecular weight excluding hydrogens is 267 g/mol. The Hall–Kier alpha value is 2.48. The molecule has 0 N–H and O–H groups in total. The fourth-order valence-electron chi connectivity index (χ4n) is 0.327. The van der Waals surface area contributed by atoms with Gasteiger partial charge in [0, 0.05) is 9.47 Å². The van der Waals surface area contributed by atoms with E-state index in [0.717, 1.165) is 17.6 Å². The molecule has 0 aliphatic heterocycles. The maximum atomic E-state index is 4.82. The van der Waals surface area contributed by atoms with Gasteiger partial charge in [0.15, 0.2) is 0 Å². The molecule has 0 aromatic heterocycles. The van der Waals surface area contributed by atoms with Crippen molar-refractivity contribution in [1.82, 2.24) is 0 Å². The van der Waals surface area contributed by atoms with Gasteiger partial charge in [-0.2, -0.15) is 0 Å². The first kappa shape index (κ1) is 29.3. The van der Waals surface area contributed by atoms with Crippen LogP contribution in [0.3, 0.4) is 0 Å². The molecule has 7 heteroatoms. The second kappa shape index (κ2) is 15.9. The fourth-order valence-corrected chi connectivity index (χ4v) is 0.432. The van der Waals surface area contributed by atoms with Crippen LogP contribution < -0.4 is 37.2 Å². The predicted molar refractivity (Wildman–Crippen MR) is 44.3 cm³/mol. The SMILES string of the molecule is C[N+](C)(C)CCOP.[Ca+2].[Cl-].[Cl-].[Cl-]. The van der Waals surface area contributed by atoms with Crippen LogP contribution >= 0.6 is 9.47 Å². The normalized spacial score (nSPS) is 8.00. The Morgan fingerprint density at radius 3 is 1.50 bits per heavy atom. The van der Waals surface area contributed by atoms with E-state index in [0.29, 0.717) is 0 Å². The van der Waals surface area contributed by atoms with E-state index in [1.54, 1.807) is 0 Å². The molecule has 0 aromatic carbocycles. The number of hydrogen-bond acceptors (Lipinski definition) is 1. The second-order valence-corrected chi connectivity index (χ2v) is 3.22. The zero-order valence-corrected chi connectivity index (χ0v) is 13.3. The van der Waals surface area contributed by atoms with Gasteiger partial charge in [-0.25, -0.2) is 0 Å². The van der Waals surface area contributed by atoms with E-state index in [1.807, 2.05) is 0 Å². The molecule has 0 radical (unpaired) electrons. The van der Waals surface area contributed by atoms with Crippen molar-refractivity contribution in [2.45, 2.75) is 0 Å². The third kappa shape index (κ3) is 29.4. The molecule has 74 valence electrons. The molecule has 0 aromatic rings. The van der Waals surface area contributed by atoms with Crippen molar-refractivity contribution in [3.8, 4) is 0 Å². The van der Waals surface area contributed by atoms with E-state index in [-0.39, 0.29) is 75.0 Å². The summed E-state index contributed by atoms with van der Waals surface area (Å²) in [5.41, 5.74) is 0. The Morgan fingerprint density at radius 1 is 1.08 bits per heavy atom. The van der Waals surface area contributed by atoms with Gasteiger partial charge < -0.3 is 46.2 Å². The molecule has 12 heavy (non-hydrogen) atoms. The predicted octanol–water partition coefficient (Wildman–Crippen LogP) is -8.87. The van der Waals surface area contributed by atoms with Gasteiger partial charge in [-0.1, -0.05) is 0 Å². The van der Waals surface area contributed by atoms with Crippen molar-refractivity contribution in [2.75, 3.05) is 34.3 Å². The van der Waals surface area contributed by atoms with Crippen LogP contribution in [-0.4, -0.2) is 76.5 Å². The minimum Gasteiger partial charge on any atom is -1.00 e. The summed E-state index contributed by atoms with van der Waals surface area (Å²) in [6.45, 7) is 1.87. The van der Waals surface area contributed by atoms with Crippen molar-refractivity contribution in [3.05, 3.63) is 0 Å². The van der Waals surface area contributed by atoms with Gasteiger partial charge in [-0.15, -0.1) is 0 Å². The van der Waals surface area contributed by atoms with Gasteiger partial charge in [0.05, 0.1) is 27.7 Å². The summed E-state index contributed by atoms with van der Waals surface area (Å²) >= 11 is 0. The van der Waals surface area contributed by atoms with Crippen LogP contribution in [0, 0.1) is 0 Å². The number of nitrogens with zero attached hydrogens (tertiary/aromatic N) is 1. The Bertz CT molecular complexity index is 74.2. The summed E-state index contributed by atoms with van der Waals surface area (Å²) in [5.74, 6) is 0. The van der Waals surface area contributed by atoms with Gasteiger partial charge in [0.2, 0.25) is 0 Å². The quantitative estimate of drug-likeness (QED) is 0.284. The van der Waals surface area contributed by atoms with Crippen molar-refractivity contribution in [1.29, 1.82) is 0 Å². The summed E-state index contributed by atoms with van der Waals surface area (Å²) in [6.07, 6.45) is 0. The fraction of sp³-hybridized carbons (Fsp3) is 1.00. The van der Waals surface area contributed by atoms with Crippen LogP contribution in [0.4, 0.5) is 0 Å². The van der Waals surface area contributed by atoms with E-state index >= 15 is 0 Å². The van der Waals surface area contributed by atoms with Crippen LogP contribution in [0.15, 0.2) is 0 Å². The van der Waals surface area contributed by atoms with Crippen molar-refractivity contribution in [3.63, 3.8) is 0 Å². The molecule has 1 unspecified atom stereocenters. The number of rotatable bonds is 3. The summed E-state index contributed by atoms with van der Waals surface area (Å²) < 4.78 is 5.79. The van der Waals surface area contributed by atoms with Crippen LogP contribution in [0.5, 0.6) is 0 Å². The van der Waals surface area contributed by atoms with Crippen LogP contribution in [0.2, 0.25) is 0 Å². The Balaban J connectivity index is -0.0000000408. The maximum Gasteiger partial charge on any atom is 2.00 e. The van der Waals surface area contributed by atoms with Crippen molar-refractivity contribution >= 4 is 47.2 Å². The van der Waals surface area contributed by atoms with Crippen molar-refractivity contribution in [2.24, 2.45) is 0 Å². The molecule has 0 saturated carbocycles. The molecule has 0 bridgehead atoms. The largest absolute Gasteiger partial charge is 2.00 e. The van der Waals surface area contributed by atoms with E-state index in [9.17, 15) is 0 Å². The van der Waals surface area contributed by atoms with Gasteiger partial charge in [-0.05, 0) is 0 Å². The number of likely N-dealkylation sites (N-methyl/N-ethyl adjacent to an activating group) is 1. The Labute approximate surface area is 126 Å². The minimum atomic E-state index is 0. The van der Waals surface area contributed by atoms with E-state index in [1.165, 1.54) is 0 Å². The third-order valence-electron chi connectivity index (χ3n) is 0.880. The number of halogens is 3. The van der Waals surface area contributed by atoms with Crippen LogP contribution in [0.1, 0.15) is 0 Å². The summed E-state index contributed by atoms with van der Waals surface area (Å²) in [7, 11) is 8.68. The Morgan fingerprint density at radius 2 is 1.42 bits per heavy atom. The summed E-state index contributed by atoms with van der Waals surface area (Å²) in [6, 6.07) is 0. The third-order valence-corrected chi connectivity index (χ3v) is 1.12. The monoisotopic (exact) mass is 281 g/mol. The summed E-state index contributed by atoms with van der Waals surface area (Å²) in [5, 5.41) is 0. The molecular formula is C5H15CaCl3NOP. The number of quaternary nitrogens is 1.